The molecule has 0 aliphatic rings. The summed E-state index contributed by atoms with van der Waals surface area (Å²) in [5.74, 6) is -3.50. The molecule has 0 rings (SSSR count). The van der Waals surface area contributed by atoms with Gasteiger partial charge in [0.25, 0.3) is 10.1 Å². The Kier molecular flexibility index (Phi) is 17.0. The third kappa shape index (κ3) is 22.9. The molecule has 0 heterocycles. The van der Waals surface area contributed by atoms with E-state index in [0.717, 1.165) is 12.8 Å². The van der Waals surface area contributed by atoms with E-state index in [9.17, 15) is 26.4 Å². The summed E-state index contributed by atoms with van der Waals surface area (Å²) < 4.78 is 61.7. The van der Waals surface area contributed by atoms with Crippen molar-refractivity contribution in [2.45, 2.75) is 82.8 Å². The molecule has 0 aliphatic heterocycles. The lowest BCUT2D eigenvalue weighted by Gasteiger charge is -2.04. The fourth-order valence-electron chi connectivity index (χ4n) is 2.23. The molecule has 0 saturated carbocycles. The molecule has 0 spiro atoms. The van der Waals surface area contributed by atoms with Crippen LogP contribution in [0.1, 0.15) is 77.6 Å². The van der Waals surface area contributed by atoms with E-state index >= 15 is 0 Å². The zero-order valence-corrected chi connectivity index (χ0v) is 18.2. The molecule has 13 heteroatoms. The van der Waals surface area contributed by atoms with E-state index in [0.29, 0.717) is 6.42 Å². The van der Waals surface area contributed by atoms with Crippen molar-refractivity contribution in [2.24, 2.45) is 0 Å². The van der Waals surface area contributed by atoms with Crippen LogP contribution >= 0.6 is 0 Å². The first-order valence-corrected chi connectivity index (χ1v) is 12.2. The number of rotatable bonds is 16. The minimum Gasteiger partial charge on any atom is -0.481 e. The summed E-state index contributed by atoms with van der Waals surface area (Å²) in [6.07, 6.45) is 10.7. The Labute approximate surface area is 172 Å². The Morgan fingerprint density at radius 3 is 1.48 bits per heavy atom. The van der Waals surface area contributed by atoms with Crippen LogP contribution in [0.15, 0.2) is 0 Å². The van der Waals surface area contributed by atoms with Crippen LogP contribution in [0.5, 0.6) is 0 Å². The summed E-state index contributed by atoms with van der Waals surface area (Å²) in [5, 5.41) is 13.9. The molecule has 29 heavy (non-hydrogen) atoms. The van der Waals surface area contributed by atoms with Gasteiger partial charge < -0.3 is 10.2 Å². The lowest BCUT2D eigenvalue weighted by Crippen LogP contribution is -2.31. The van der Waals surface area contributed by atoms with Gasteiger partial charge in [0.15, 0.2) is 5.25 Å². The van der Waals surface area contributed by atoms with Crippen LogP contribution in [0.3, 0.4) is 0 Å². The molecule has 0 aliphatic carbocycles. The van der Waals surface area contributed by atoms with Gasteiger partial charge in [-0.05, 0) is 6.42 Å². The van der Waals surface area contributed by atoms with Gasteiger partial charge in [0.1, 0.15) is 0 Å². The van der Waals surface area contributed by atoms with Crippen LogP contribution < -0.4 is 0 Å². The molecule has 0 aromatic rings. The van der Waals surface area contributed by atoms with Gasteiger partial charge in [0.2, 0.25) is 0 Å². The average Bonchev–Trinajstić information content (AvgIpc) is 2.56. The van der Waals surface area contributed by atoms with Crippen LogP contribution in [0, 0.1) is 0 Å². The minimum absolute atomic E-state index is 0.0926. The van der Waals surface area contributed by atoms with Crippen LogP contribution in [-0.4, -0.2) is 59.9 Å². The Morgan fingerprint density at radius 2 is 1.21 bits per heavy atom. The van der Waals surface area contributed by atoms with E-state index in [1.807, 2.05) is 0 Å². The molecule has 1 unspecified atom stereocenters. The van der Waals surface area contributed by atoms with E-state index in [2.05, 4.69) is 11.1 Å². The smallest absolute Gasteiger partial charge is 0.397 e. The Hall–Kier alpha value is -1.28. The van der Waals surface area contributed by atoms with Crippen molar-refractivity contribution in [2.75, 3.05) is 6.61 Å². The first-order valence-electron chi connectivity index (χ1n) is 9.34. The number of unbranched alkanes of at least 4 members (excludes halogenated alkanes) is 9. The van der Waals surface area contributed by atoms with Gasteiger partial charge in [0.05, 0.1) is 13.0 Å². The van der Waals surface area contributed by atoms with Crippen molar-refractivity contribution in [3.05, 3.63) is 0 Å². The third-order valence-electron chi connectivity index (χ3n) is 3.73. The fraction of sp³-hybridized carbons (Fsp3) is 0.875. The molecule has 0 fully saturated rings. The van der Waals surface area contributed by atoms with E-state index in [-0.39, 0.29) is 6.61 Å². The maximum atomic E-state index is 10.2. The monoisotopic (exact) mass is 464 g/mol. The fourth-order valence-corrected chi connectivity index (χ4v) is 3.17. The summed E-state index contributed by atoms with van der Waals surface area (Å²) in [6.45, 7) is 2.31. The van der Waals surface area contributed by atoms with Gasteiger partial charge in [-0.3, -0.25) is 18.7 Å². The van der Waals surface area contributed by atoms with Crippen LogP contribution in [0.25, 0.3) is 0 Å². The second-order valence-corrected chi connectivity index (χ2v) is 9.06. The highest BCUT2D eigenvalue weighted by atomic mass is 32.3. The van der Waals surface area contributed by atoms with Crippen molar-refractivity contribution >= 4 is 32.5 Å². The summed E-state index contributed by atoms with van der Waals surface area (Å²) in [6, 6.07) is 0. The molecule has 0 aromatic carbocycles. The molecule has 1 atom stereocenters. The molecular formula is C16H32O11S2. The van der Waals surface area contributed by atoms with Crippen LogP contribution in [0.2, 0.25) is 0 Å². The number of hydrogen-bond acceptors (Lipinski definition) is 7. The minimum atomic E-state index is -4.84. The second-order valence-electron chi connectivity index (χ2n) is 6.37. The van der Waals surface area contributed by atoms with Crippen molar-refractivity contribution in [3.8, 4) is 0 Å². The quantitative estimate of drug-likeness (QED) is 0.194. The molecule has 0 aromatic heterocycles. The Bertz CT molecular complexity index is 656. The maximum absolute atomic E-state index is 10.2. The number of carbonyl (C=O) groups is 2. The number of carboxylic acids is 2. The molecule has 0 amide bonds. The lowest BCUT2D eigenvalue weighted by atomic mass is 10.1. The highest BCUT2D eigenvalue weighted by Gasteiger charge is 2.33. The van der Waals surface area contributed by atoms with E-state index in [1.165, 1.54) is 44.9 Å². The highest BCUT2D eigenvalue weighted by molar-refractivity contribution is 7.87. The molecule has 4 N–H and O–H groups in total. The van der Waals surface area contributed by atoms with Gasteiger partial charge in [-0.25, -0.2) is 4.18 Å². The van der Waals surface area contributed by atoms with Crippen molar-refractivity contribution in [1.82, 2.24) is 0 Å². The van der Waals surface area contributed by atoms with Gasteiger partial charge in [-0.1, -0.05) is 64.7 Å². The number of hydrogen-bond donors (Lipinski definition) is 4. The molecular weight excluding hydrogens is 432 g/mol. The Morgan fingerprint density at radius 1 is 0.793 bits per heavy atom. The standard InChI is InChI=1S/C12H26O4S.C4H6O7S/c1-2-3-4-5-6-7-8-9-10-11-12-16-17(13,14)15;5-3(6)1-2(4(7)8)12(9,10)11/h2-12H2,1H3,(H,13,14,15);2H,1H2,(H,5,6)(H,7,8)(H,9,10,11). The average molecular weight is 465 g/mol. The predicted octanol–water partition coefficient (Wildman–Crippen LogP) is 2.53. The third-order valence-corrected chi connectivity index (χ3v) is 5.28. The highest BCUT2D eigenvalue weighted by Crippen LogP contribution is 2.10. The molecule has 0 bridgehead atoms. The van der Waals surface area contributed by atoms with Gasteiger partial charge in [-0.2, -0.15) is 16.8 Å². The zero-order valence-electron chi connectivity index (χ0n) is 16.5. The summed E-state index contributed by atoms with van der Waals surface area (Å²) >= 11 is 0. The van der Waals surface area contributed by atoms with Crippen LogP contribution in [-0.2, 0) is 34.3 Å². The van der Waals surface area contributed by atoms with Crippen molar-refractivity contribution in [1.29, 1.82) is 0 Å². The summed E-state index contributed by atoms with van der Waals surface area (Å²) in [7, 11) is -9.07. The SMILES string of the molecule is CCCCCCCCCCCCOS(=O)(=O)O.O=C(O)CC(C(=O)O)S(=O)(=O)O. The Balaban J connectivity index is 0. The number of aliphatic carboxylic acids is 2. The van der Waals surface area contributed by atoms with E-state index in [1.54, 1.807) is 0 Å². The van der Waals surface area contributed by atoms with Crippen LogP contribution in [0.4, 0.5) is 0 Å². The first kappa shape index (κ1) is 29.9. The normalized spacial score (nSPS) is 12.7. The second kappa shape index (κ2) is 16.5. The number of carboxylic acid groups (broad SMARTS) is 2. The van der Waals surface area contributed by atoms with E-state index < -0.39 is 44.1 Å². The maximum Gasteiger partial charge on any atom is 0.397 e. The lowest BCUT2D eigenvalue weighted by molar-refractivity contribution is -0.143. The van der Waals surface area contributed by atoms with E-state index in [4.69, 9.17) is 19.3 Å². The summed E-state index contributed by atoms with van der Waals surface area (Å²) in [5.41, 5.74) is 0. The van der Waals surface area contributed by atoms with Crippen molar-refractivity contribution < 1.29 is 49.9 Å². The molecule has 0 radical (unpaired) electrons. The van der Waals surface area contributed by atoms with Gasteiger partial charge in [-0.15, -0.1) is 0 Å². The first-order chi connectivity index (χ1) is 13.3. The largest absolute Gasteiger partial charge is 0.481 e. The zero-order chi connectivity index (χ0) is 22.9. The molecule has 174 valence electrons. The molecule has 11 nitrogen and oxygen atoms in total. The van der Waals surface area contributed by atoms with Crippen molar-refractivity contribution in [3.63, 3.8) is 0 Å². The van der Waals surface area contributed by atoms with Gasteiger partial charge >= 0.3 is 22.3 Å². The predicted molar refractivity (Wildman–Crippen MR) is 105 cm³/mol. The summed E-state index contributed by atoms with van der Waals surface area (Å²) in [4.78, 5) is 20.0. The van der Waals surface area contributed by atoms with Gasteiger partial charge in [0, 0.05) is 0 Å². The molecule has 0 saturated heterocycles. The topological polar surface area (TPSA) is 193 Å².